The van der Waals surface area contributed by atoms with Crippen LogP contribution in [0.3, 0.4) is 0 Å². The van der Waals surface area contributed by atoms with Crippen LogP contribution in [-0.4, -0.2) is 29.2 Å². The van der Waals surface area contributed by atoms with Crippen molar-refractivity contribution < 1.29 is 4.42 Å². The molecule has 1 heterocycles. The molecule has 0 aromatic carbocycles. The van der Waals surface area contributed by atoms with Crippen molar-refractivity contribution in [3.05, 3.63) is 11.8 Å². The highest BCUT2D eigenvalue weighted by Crippen LogP contribution is 2.01. The van der Waals surface area contributed by atoms with Gasteiger partial charge in [0.05, 0.1) is 6.54 Å². The largest absolute Gasteiger partial charge is 0.424 e. The fraction of sp³-hybridized carbons (Fsp3) is 0.714. The van der Waals surface area contributed by atoms with Gasteiger partial charge in [-0.15, -0.1) is 10.2 Å². The Hall–Kier alpha value is -0.900. The van der Waals surface area contributed by atoms with E-state index in [1.165, 1.54) is 0 Å². The average molecular weight is 155 g/mol. The van der Waals surface area contributed by atoms with Crippen molar-refractivity contribution in [3.8, 4) is 0 Å². The molecule has 0 saturated carbocycles. The van der Waals surface area contributed by atoms with Crippen LogP contribution in [0.4, 0.5) is 0 Å². The zero-order chi connectivity index (χ0) is 8.27. The summed E-state index contributed by atoms with van der Waals surface area (Å²) in [5.74, 6) is 1.40. The van der Waals surface area contributed by atoms with Gasteiger partial charge in [0.15, 0.2) is 0 Å². The van der Waals surface area contributed by atoms with Crippen LogP contribution in [0.15, 0.2) is 4.42 Å². The lowest BCUT2D eigenvalue weighted by Gasteiger charge is -2.03. The van der Waals surface area contributed by atoms with E-state index in [2.05, 4.69) is 10.2 Å². The Balaban J connectivity index is 2.58. The molecule has 0 atom stereocenters. The molecule has 62 valence electrons. The molecule has 11 heavy (non-hydrogen) atoms. The van der Waals surface area contributed by atoms with Crippen LogP contribution in [0.25, 0.3) is 0 Å². The molecule has 0 amide bonds. The van der Waals surface area contributed by atoms with Gasteiger partial charge in [-0.25, -0.2) is 0 Å². The molecule has 4 heteroatoms. The maximum atomic E-state index is 5.28. The molecular weight excluding hydrogens is 142 g/mol. The molecule has 1 aromatic rings. The van der Waals surface area contributed by atoms with E-state index in [9.17, 15) is 0 Å². The zero-order valence-corrected chi connectivity index (χ0v) is 7.16. The highest BCUT2D eigenvalue weighted by molar-refractivity contribution is 4.80. The normalized spacial score (nSPS) is 10.9. The van der Waals surface area contributed by atoms with Gasteiger partial charge in [0.25, 0.3) is 0 Å². The van der Waals surface area contributed by atoms with E-state index in [1.54, 1.807) is 0 Å². The van der Waals surface area contributed by atoms with E-state index in [-0.39, 0.29) is 0 Å². The lowest BCUT2D eigenvalue weighted by Crippen LogP contribution is -2.10. The van der Waals surface area contributed by atoms with Gasteiger partial charge in [0, 0.05) is 6.42 Å². The third kappa shape index (κ3) is 2.31. The molecule has 1 aromatic heterocycles. The maximum absolute atomic E-state index is 5.28. The van der Waals surface area contributed by atoms with E-state index in [0.717, 1.165) is 6.42 Å². The Morgan fingerprint density at radius 1 is 1.27 bits per heavy atom. The predicted octanol–water partition coefficient (Wildman–Crippen LogP) is 0.694. The molecule has 0 aliphatic heterocycles. The van der Waals surface area contributed by atoms with Crippen molar-refractivity contribution in [1.82, 2.24) is 15.1 Å². The number of rotatable bonds is 3. The second-order valence-electron chi connectivity index (χ2n) is 2.68. The van der Waals surface area contributed by atoms with Gasteiger partial charge in [-0.05, 0) is 14.1 Å². The Bertz CT molecular complexity index is 219. The first-order valence-corrected chi connectivity index (χ1v) is 3.68. The minimum absolute atomic E-state index is 0.687. The number of aromatic nitrogens is 2. The first kappa shape index (κ1) is 8.20. The van der Waals surface area contributed by atoms with Crippen molar-refractivity contribution in [2.24, 2.45) is 0 Å². The molecule has 0 unspecified atom stereocenters. The van der Waals surface area contributed by atoms with Gasteiger partial charge in [0.2, 0.25) is 11.8 Å². The van der Waals surface area contributed by atoms with Crippen LogP contribution in [0.2, 0.25) is 0 Å². The molecule has 0 spiro atoms. The monoisotopic (exact) mass is 155 g/mol. The molecule has 0 fully saturated rings. The predicted molar refractivity (Wildman–Crippen MR) is 41.1 cm³/mol. The minimum Gasteiger partial charge on any atom is -0.424 e. The van der Waals surface area contributed by atoms with Gasteiger partial charge in [-0.2, -0.15) is 0 Å². The SMILES string of the molecule is CCc1nnc(CN(C)C)o1. The first-order valence-electron chi connectivity index (χ1n) is 3.68. The average Bonchev–Trinajstić information content (AvgIpc) is 2.34. The summed E-state index contributed by atoms with van der Waals surface area (Å²) in [6.07, 6.45) is 0.806. The molecule has 4 nitrogen and oxygen atoms in total. The van der Waals surface area contributed by atoms with Crippen molar-refractivity contribution in [2.75, 3.05) is 14.1 Å². The number of hydrogen-bond donors (Lipinski definition) is 0. The number of aryl methyl sites for hydroxylation is 1. The van der Waals surface area contributed by atoms with Crippen LogP contribution in [-0.2, 0) is 13.0 Å². The standard InChI is InChI=1S/C7H13N3O/c1-4-6-8-9-7(11-6)5-10(2)3/h4-5H2,1-3H3. The topological polar surface area (TPSA) is 42.2 Å². The van der Waals surface area contributed by atoms with Gasteiger partial charge in [-0.1, -0.05) is 6.92 Å². The Morgan fingerprint density at radius 3 is 2.36 bits per heavy atom. The van der Waals surface area contributed by atoms with Crippen LogP contribution >= 0.6 is 0 Å². The summed E-state index contributed by atoms with van der Waals surface area (Å²) in [6.45, 7) is 2.71. The van der Waals surface area contributed by atoms with Crippen molar-refractivity contribution in [2.45, 2.75) is 19.9 Å². The smallest absolute Gasteiger partial charge is 0.230 e. The van der Waals surface area contributed by atoms with Gasteiger partial charge in [0.1, 0.15) is 0 Å². The Kier molecular flexibility index (Phi) is 2.59. The van der Waals surface area contributed by atoms with Crippen LogP contribution in [0.5, 0.6) is 0 Å². The molecule has 1 rings (SSSR count). The fourth-order valence-corrected chi connectivity index (χ4v) is 0.766. The summed E-state index contributed by atoms with van der Waals surface area (Å²) in [4.78, 5) is 1.99. The van der Waals surface area contributed by atoms with E-state index in [1.807, 2.05) is 25.9 Å². The highest BCUT2D eigenvalue weighted by Gasteiger charge is 2.03. The third-order valence-electron chi connectivity index (χ3n) is 1.26. The molecular formula is C7H13N3O. The fourth-order valence-electron chi connectivity index (χ4n) is 0.766. The Labute approximate surface area is 66.2 Å². The zero-order valence-electron chi connectivity index (χ0n) is 7.16. The summed E-state index contributed by atoms with van der Waals surface area (Å²) in [6, 6.07) is 0. The van der Waals surface area contributed by atoms with Crippen LogP contribution in [0, 0.1) is 0 Å². The second kappa shape index (κ2) is 3.48. The molecule has 0 N–H and O–H groups in total. The molecule has 0 aliphatic carbocycles. The van der Waals surface area contributed by atoms with Crippen molar-refractivity contribution >= 4 is 0 Å². The molecule has 0 radical (unpaired) electrons. The maximum Gasteiger partial charge on any atom is 0.230 e. The van der Waals surface area contributed by atoms with Crippen LogP contribution in [0.1, 0.15) is 18.7 Å². The quantitative estimate of drug-likeness (QED) is 0.644. The summed E-state index contributed by atoms with van der Waals surface area (Å²) in [7, 11) is 3.94. The van der Waals surface area contributed by atoms with Gasteiger partial charge >= 0.3 is 0 Å². The van der Waals surface area contributed by atoms with Gasteiger partial charge in [-0.3, -0.25) is 0 Å². The molecule has 0 aliphatic rings. The lowest BCUT2D eigenvalue weighted by molar-refractivity contribution is 0.333. The van der Waals surface area contributed by atoms with Crippen molar-refractivity contribution in [1.29, 1.82) is 0 Å². The van der Waals surface area contributed by atoms with Crippen LogP contribution < -0.4 is 0 Å². The van der Waals surface area contributed by atoms with Crippen molar-refractivity contribution in [3.63, 3.8) is 0 Å². The number of hydrogen-bond acceptors (Lipinski definition) is 4. The van der Waals surface area contributed by atoms with E-state index >= 15 is 0 Å². The van der Waals surface area contributed by atoms with E-state index < -0.39 is 0 Å². The molecule has 0 bridgehead atoms. The summed E-state index contributed by atoms with van der Waals surface area (Å²) < 4.78 is 5.28. The Morgan fingerprint density at radius 2 is 1.91 bits per heavy atom. The van der Waals surface area contributed by atoms with E-state index in [4.69, 9.17) is 4.42 Å². The summed E-state index contributed by atoms with van der Waals surface area (Å²) >= 11 is 0. The molecule has 0 saturated heterocycles. The lowest BCUT2D eigenvalue weighted by atomic mass is 10.5. The minimum atomic E-state index is 0.687. The highest BCUT2D eigenvalue weighted by atomic mass is 16.4. The summed E-state index contributed by atoms with van der Waals surface area (Å²) in [5, 5.41) is 7.71. The number of nitrogens with zero attached hydrogens (tertiary/aromatic N) is 3. The summed E-state index contributed by atoms with van der Waals surface area (Å²) in [5.41, 5.74) is 0. The van der Waals surface area contributed by atoms with Gasteiger partial charge < -0.3 is 9.32 Å². The first-order chi connectivity index (χ1) is 5.22. The van der Waals surface area contributed by atoms with E-state index in [0.29, 0.717) is 18.3 Å². The second-order valence-corrected chi connectivity index (χ2v) is 2.68. The third-order valence-corrected chi connectivity index (χ3v) is 1.26.